The lowest BCUT2D eigenvalue weighted by molar-refractivity contribution is -0.125. The monoisotopic (exact) mass is 241 g/mol. The van der Waals surface area contributed by atoms with Crippen LogP contribution in [0.2, 0.25) is 0 Å². The van der Waals surface area contributed by atoms with Crippen LogP contribution in [0.15, 0.2) is 0 Å². The van der Waals surface area contributed by atoms with Crippen LogP contribution in [-0.4, -0.2) is 43.0 Å². The summed E-state index contributed by atoms with van der Waals surface area (Å²) in [7, 11) is 0. The first-order valence-corrected chi connectivity index (χ1v) is 6.71. The first-order chi connectivity index (χ1) is 7.95. The van der Waals surface area contributed by atoms with Crippen LogP contribution < -0.4 is 11.1 Å². The number of carbonyl (C=O) groups is 1. The van der Waals surface area contributed by atoms with Crippen LogP contribution >= 0.6 is 0 Å². The summed E-state index contributed by atoms with van der Waals surface area (Å²) in [5, 5.41) is 3.48. The maximum Gasteiger partial charge on any atom is 0.224 e. The van der Waals surface area contributed by atoms with Gasteiger partial charge in [-0.15, -0.1) is 0 Å². The summed E-state index contributed by atoms with van der Waals surface area (Å²) in [5.74, 6) is -0.228. The molecule has 0 aromatic rings. The highest BCUT2D eigenvalue weighted by Crippen LogP contribution is 2.15. The van der Waals surface area contributed by atoms with E-state index in [-0.39, 0.29) is 5.91 Å². The molecule has 100 valence electrons. The standard InChI is InChI=1S/C13H27N3O/c1-4-7-16-8-5-11(6-9-16)15-10-13(2,3)12(14)17/h11,15H,4-10H2,1-3H3,(H2,14,17). The van der Waals surface area contributed by atoms with Crippen LogP contribution in [0.5, 0.6) is 0 Å². The Labute approximate surface area is 105 Å². The van der Waals surface area contributed by atoms with E-state index in [1.165, 1.54) is 38.9 Å². The second-order valence-corrected chi connectivity index (χ2v) is 5.74. The molecule has 1 fully saturated rings. The number of piperidine rings is 1. The fraction of sp³-hybridized carbons (Fsp3) is 0.923. The minimum absolute atomic E-state index is 0.228. The molecular formula is C13H27N3O. The molecule has 0 spiro atoms. The van der Waals surface area contributed by atoms with E-state index in [9.17, 15) is 4.79 Å². The molecule has 4 nitrogen and oxygen atoms in total. The normalized spacial score (nSPS) is 19.5. The van der Waals surface area contributed by atoms with E-state index < -0.39 is 5.41 Å². The minimum Gasteiger partial charge on any atom is -0.369 e. The van der Waals surface area contributed by atoms with Crippen molar-refractivity contribution < 1.29 is 4.79 Å². The summed E-state index contributed by atoms with van der Waals surface area (Å²) in [5.41, 5.74) is 4.92. The predicted octanol–water partition coefficient (Wildman–Crippen LogP) is 0.962. The molecule has 1 heterocycles. The summed E-state index contributed by atoms with van der Waals surface area (Å²) >= 11 is 0. The van der Waals surface area contributed by atoms with Gasteiger partial charge in [-0.25, -0.2) is 0 Å². The molecule has 3 N–H and O–H groups in total. The van der Waals surface area contributed by atoms with Gasteiger partial charge >= 0.3 is 0 Å². The van der Waals surface area contributed by atoms with Crippen LogP contribution in [-0.2, 0) is 4.79 Å². The Balaban J connectivity index is 2.25. The molecule has 0 aliphatic carbocycles. The smallest absolute Gasteiger partial charge is 0.224 e. The van der Waals surface area contributed by atoms with E-state index in [1.807, 2.05) is 13.8 Å². The van der Waals surface area contributed by atoms with Gasteiger partial charge in [-0.3, -0.25) is 4.79 Å². The number of nitrogens with one attached hydrogen (secondary N) is 1. The molecule has 0 unspecified atom stereocenters. The molecule has 17 heavy (non-hydrogen) atoms. The Kier molecular flexibility index (Phi) is 5.40. The average Bonchev–Trinajstić information content (AvgIpc) is 2.28. The Morgan fingerprint density at radius 3 is 2.47 bits per heavy atom. The Morgan fingerprint density at radius 2 is 2.00 bits per heavy atom. The maximum atomic E-state index is 11.2. The second kappa shape index (κ2) is 6.36. The molecule has 0 radical (unpaired) electrons. The number of amides is 1. The lowest BCUT2D eigenvalue weighted by Gasteiger charge is -2.33. The highest BCUT2D eigenvalue weighted by Gasteiger charge is 2.26. The number of carbonyl (C=O) groups excluding carboxylic acids is 1. The van der Waals surface area contributed by atoms with Crippen molar-refractivity contribution in [2.45, 2.75) is 46.1 Å². The Morgan fingerprint density at radius 1 is 1.41 bits per heavy atom. The molecule has 0 atom stereocenters. The molecule has 1 aliphatic heterocycles. The largest absolute Gasteiger partial charge is 0.369 e. The van der Waals surface area contributed by atoms with Crippen LogP contribution in [0.3, 0.4) is 0 Å². The summed E-state index contributed by atoms with van der Waals surface area (Å²) in [6.07, 6.45) is 3.58. The number of rotatable bonds is 6. The summed E-state index contributed by atoms with van der Waals surface area (Å²) < 4.78 is 0. The van der Waals surface area contributed by atoms with Crippen molar-refractivity contribution in [3.8, 4) is 0 Å². The van der Waals surface area contributed by atoms with Gasteiger partial charge in [0.2, 0.25) is 5.91 Å². The number of primary amides is 1. The van der Waals surface area contributed by atoms with E-state index in [1.54, 1.807) is 0 Å². The Bertz CT molecular complexity index is 245. The van der Waals surface area contributed by atoms with Gasteiger partial charge in [0.05, 0.1) is 5.41 Å². The van der Waals surface area contributed by atoms with Gasteiger partial charge in [0, 0.05) is 12.6 Å². The van der Waals surface area contributed by atoms with Crippen LogP contribution in [0, 0.1) is 5.41 Å². The lowest BCUT2D eigenvalue weighted by Crippen LogP contribution is -2.48. The third kappa shape index (κ3) is 4.64. The number of likely N-dealkylation sites (tertiary alicyclic amines) is 1. The van der Waals surface area contributed by atoms with Crippen molar-refractivity contribution >= 4 is 5.91 Å². The SMILES string of the molecule is CCCN1CCC(NCC(C)(C)C(N)=O)CC1. The van der Waals surface area contributed by atoms with Crippen molar-refractivity contribution in [2.24, 2.45) is 11.1 Å². The maximum absolute atomic E-state index is 11.2. The van der Waals surface area contributed by atoms with E-state index >= 15 is 0 Å². The number of nitrogens with zero attached hydrogens (tertiary/aromatic N) is 1. The van der Waals surface area contributed by atoms with Crippen molar-refractivity contribution in [1.29, 1.82) is 0 Å². The van der Waals surface area contributed by atoms with Gasteiger partial charge in [0.15, 0.2) is 0 Å². The lowest BCUT2D eigenvalue weighted by atomic mass is 9.91. The molecule has 0 aromatic heterocycles. The highest BCUT2D eigenvalue weighted by atomic mass is 16.1. The van der Waals surface area contributed by atoms with Crippen LogP contribution in [0.4, 0.5) is 0 Å². The zero-order valence-electron chi connectivity index (χ0n) is 11.5. The minimum atomic E-state index is -0.444. The molecule has 0 aromatic carbocycles. The number of hydrogen-bond donors (Lipinski definition) is 2. The van der Waals surface area contributed by atoms with Gasteiger partial charge in [-0.05, 0) is 52.7 Å². The molecule has 1 rings (SSSR count). The van der Waals surface area contributed by atoms with Crippen LogP contribution in [0.1, 0.15) is 40.0 Å². The quantitative estimate of drug-likeness (QED) is 0.728. The first-order valence-electron chi connectivity index (χ1n) is 6.71. The highest BCUT2D eigenvalue weighted by molar-refractivity contribution is 5.80. The van der Waals surface area contributed by atoms with Gasteiger partial charge < -0.3 is 16.0 Å². The van der Waals surface area contributed by atoms with Gasteiger partial charge in [-0.2, -0.15) is 0 Å². The number of nitrogens with two attached hydrogens (primary N) is 1. The van der Waals surface area contributed by atoms with Gasteiger partial charge in [-0.1, -0.05) is 6.92 Å². The van der Waals surface area contributed by atoms with Crippen molar-refractivity contribution in [2.75, 3.05) is 26.2 Å². The molecular weight excluding hydrogens is 214 g/mol. The first kappa shape index (κ1) is 14.5. The molecule has 1 saturated heterocycles. The molecule has 0 bridgehead atoms. The van der Waals surface area contributed by atoms with E-state index in [0.29, 0.717) is 12.6 Å². The third-order valence-electron chi connectivity index (χ3n) is 3.63. The zero-order valence-corrected chi connectivity index (χ0v) is 11.5. The molecule has 1 aliphatic rings. The van der Waals surface area contributed by atoms with E-state index in [4.69, 9.17) is 5.73 Å². The summed E-state index contributed by atoms with van der Waals surface area (Å²) in [6.45, 7) is 10.2. The zero-order chi connectivity index (χ0) is 12.9. The van der Waals surface area contributed by atoms with Gasteiger partial charge in [0.1, 0.15) is 0 Å². The predicted molar refractivity (Wildman–Crippen MR) is 70.7 cm³/mol. The van der Waals surface area contributed by atoms with Crippen molar-refractivity contribution in [3.05, 3.63) is 0 Å². The van der Waals surface area contributed by atoms with Crippen molar-refractivity contribution in [1.82, 2.24) is 10.2 Å². The second-order valence-electron chi connectivity index (χ2n) is 5.74. The Hall–Kier alpha value is -0.610. The molecule has 1 amide bonds. The van der Waals surface area contributed by atoms with Gasteiger partial charge in [0.25, 0.3) is 0 Å². The van der Waals surface area contributed by atoms with E-state index in [2.05, 4.69) is 17.1 Å². The molecule has 0 saturated carbocycles. The van der Waals surface area contributed by atoms with E-state index in [0.717, 1.165) is 0 Å². The topological polar surface area (TPSA) is 58.4 Å². The fourth-order valence-electron chi connectivity index (χ4n) is 2.16. The average molecular weight is 241 g/mol. The van der Waals surface area contributed by atoms with Crippen LogP contribution in [0.25, 0.3) is 0 Å². The van der Waals surface area contributed by atoms with Crippen molar-refractivity contribution in [3.63, 3.8) is 0 Å². The fourth-order valence-corrected chi connectivity index (χ4v) is 2.16. The molecule has 4 heteroatoms. The summed E-state index contributed by atoms with van der Waals surface area (Å²) in [6, 6.07) is 0.543. The summed E-state index contributed by atoms with van der Waals surface area (Å²) in [4.78, 5) is 13.7. The third-order valence-corrected chi connectivity index (χ3v) is 3.63. The number of hydrogen-bond acceptors (Lipinski definition) is 3.